The Balaban J connectivity index is 1.33. The zero-order valence-corrected chi connectivity index (χ0v) is 19.4. The van der Waals surface area contributed by atoms with E-state index >= 15 is 0 Å². The number of carbonyl (C=O) groups is 3. The summed E-state index contributed by atoms with van der Waals surface area (Å²) in [6.45, 7) is 1.89. The zero-order valence-electron chi connectivity index (χ0n) is 19.4. The Morgan fingerprint density at radius 2 is 1.57 bits per heavy atom. The van der Waals surface area contributed by atoms with Gasteiger partial charge in [-0.2, -0.15) is 0 Å². The summed E-state index contributed by atoms with van der Waals surface area (Å²) in [5.41, 5.74) is 0.683. The van der Waals surface area contributed by atoms with Crippen LogP contribution >= 0.6 is 0 Å². The minimum atomic E-state index is -0.696. The summed E-state index contributed by atoms with van der Waals surface area (Å²) >= 11 is 0. The standard InChI is InChI=1S/C25H24N4O6/c1-29(2,16-14-27-20-6-4-3-5-19(20)24(33)35-25(27)34)15-13-26-23(32)17-7-9-18(10-8-17)28-21(30)11-12-22(28)31/h3-12H,13-16H2,1-2H3/p+1. The molecule has 0 atom stereocenters. The molecule has 1 aliphatic heterocycles. The number of para-hydroxylation sites is 1. The molecule has 0 spiro atoms. The number of aromatic nitrogens is 1. The molecule has 0 bridgehead atoms. The second kappa shape index (κ2) is 9.51. The number of carbonyl (C=O) groups excluding carboxylic acids is 3. The van der Waals surface area contributed by atoms with Gasteiger partial charge in [-0.3, -0.25) is 19.0 Å². The van der Waals surface area contributed by atoms with E-state index in [-0.39, 0.29) is 5.91 Å². The fraction of sp³-hybridized carbons (Fsp3) is 0.240. The predicted octanol–water partition coefficient (Wildman–Crippen LogP) is 0.891. The second-order valence-corrected chi connectivity index (χ2v) is 8.86. The summed E-state index contributed by atoms with van der Waals surface area (Å²) in [4.78, 5) is 61.3. The highest BCUT2D eigenvalue weighted by molar-refractivity contribution is 6.28. The van der Waals surface area contributed by atoms with Crippen molar-refractivity contribution in [2.24, 2.45) is 0 Å². The van der Waals surface area contributed by atoms with Crippen LogP contribution in [0.1, 0.15) is 10.4 Å². The number of imide groups is 1. The van der Waals surface area contributed by atoms with Crippen LogP contribution in [0.4, 0.5) is 5.69 Å². The van der Waals surface area contributed by atoms with Crippen molar-refractivity contribution in [1.29, 1.82) is 0 Å². The van der Waals surface area contributed by atoms with Crippen molar-refractivity contribution in [2.75, 3.05) is 38.6 Å². The molecule has 0 aliphatic carbocycles. The highest BCUT2D eigenvalue weighted by Crippen LogP contribution is 2.19. The van der Waals surface area contributed by atoms with Crippen molar-refractivity contribution in [3.63, 3.8) is 0 Å². The van der Waals surface area contributed by atoms with Gasteiger partial charge in [0, 0.05) is 17.7 Å². The monoisotopic (exact) mass is 477 g/mol. The number of hydrogen-bond donors (Lipinski definition) is 1. The molecule has 0 radical (unpaired) electrons. The predicted molar refractivity (Wildman–Crippen MR) is 129 cm³/mol. The number of fused-ring (bicyclic) bond motifs is 1. The van der Waals surface area contributed by atoms with E-state index in [1.807, 2.05) is 14.1 Å². The average molecular weight is 477 g/mol. The summed E-state index contributed by atoms with van der Waals surface area (Å²) in [5.74, 6) is -1.81. The van der Waals surface area contributed by atoms with Crippen LogP contribution < -0.4 is 21.6 Å². The number of benzene rings is 2. The molecule has 1 aliphatic rings. The average Bonchev–Trinajstić information content (AvgIpc) is 3.16. The summed E-state index contributed by atoms with van der Waals surface area (Å²) < 4.78 is 6.80. The topological polar surface area (TPSA) is 119 Å². The van der Waals surface area contributed by atoms with Gasteiger partial charge in [0.05, 0.1) is 56.9 Å². The van der Waals surface area contributed by atoms with Crippen LogP contribution in [0, 0.1) is 0 Å². The van der Waals surface area contributed by atoms with Crippen molar-refractivity contribution in [3.05, 3.63) is 87.2 Å². The van der Waals surface area contributed by atoms with Gasteiger partial charge in [-0.25, -0.2) is 14.5 Å². The SMILES string of the molecule is C[N+](C)(CCNC(=O)c1ccc(N2C(=O)C=CC2=O)cc1)CCn1c(=O)oc(=O)c2ccccc21. The number of rotatable bonds is 8. The van der Waals surface area contributed by atoms with Crippen LogP contribution in [-0.4, -0.2) is 60.5 Å². The van der Waals surface area contributed by atoms with Gasteiger partial charge < -0.3 is 14.2 Å². The fourth-order valence-corrected chi connectivity index (χ4v) is 3.85. The second-order valence-electron chi connectivity index (χ2n) is 8.86. The van der Waals surface area contributed by atoms with Gasteiger partial charge >= 0.3 is 11.4 Å². The molecule has 0 saturated carbocycles. The van der Waals surface area contributed by atoms with Gasteiger partial charge in [-0.1, -0.05) is 12.1 Å². The third-order valence-corrected chi connectivity index (χ3v) is 5.94. The van der Waals surface area contributed by atoms with E-state index in [0.717, 1.165) is 4.90 Å². The highest BCUT2D eigenvalue weighted by Gasteiger charge is 2.25. The molecule has 3 amide bonds. The number of hydrogen-bond acceptors (Lipinski definition) is 6. The zero-order chi connectivity index (χ0) is 25.2. The summed E-state index contributed by atoms with van der Waals surface area (Å²) in [7, 11) is 3.96. The maximum Gasteiger partial charge on any atom is 0.422 e. The summed E-state index contributed by atoms with van der Waals surface area (Å²) in [6, 6.07) is 13.0. The summed E-state index contributed by atoms with van der Waals surface area (Å²) in [6.07, 6.45) is 2.41. The molecule has 0 saturated heterocycles. The molecule has 1 N–H and O–H groups in total. The van der Waals surface area contributed by atoms with Crippen LogP contribution in [0.3, 0.4) is 0 Å². The van der Waals surface area contributed by atoms with Crippen LogP contribution in [-0.2, 0) is 16.1 Å². The molecule has 2 heterocycles. The Kier molecular flexibility index (Phi) is 6.48. The van der Waals surface area contributed by atoms with E-state index in [9.17, 15) is 24.0 Å². The highest BCUT2D eigenvalue weighted by atomic mass is 16.4. The Bertz CT molecular complexity index is 1430. The third kappa shape index (κ3) is 5.12. The Hall–Kier alpha value is -4.31. The molecule has 2 aromatic carbocycles. The van der Waals surface area contributed by atoms with Gasteiger partial charge in [0.15, 0.2) is 0 Å². The van der Waals surface area contributed by atoms with Gasteiger partial charge in [-0.15, -0.1) is 0 Å². The van der Waals surface area contributed by atoms with Crippen LogP contribution in [0.25, 0.3) is 10.9 Å². The maximum atomic E-state index is 12.5. The molecule has 35 heavy (non-hydrogen) atoms. The quantitative estimate of drug-likeness (QED) is 0.380. The van der Waals surface area contributed by atoms with Crippen molar-refractivity contribution < 1.29 is 23.3 Å². The van der Waals surface area contributed by atoms with E-state index in [4.69, 9.17) is 4.42 Å². The number of amides is 3. The first-order chi connectivity index (χ1) is 16.7. The molecule has 1 aromatic heterocycles. The minimum Gasteiger partial charge on any atom is -0.372 e. The van der Waals surface area contributed by atoms with Gasteiger partial charge in [-0.05, 0) is 36.4 Å². The lowest BCUT2D eigenvalue weighted by Gasteiger charge is -2.30. The van der Waals surface area contributed by atoms with Crippen molar-refractivity contribution in [3.8, 4) is 0 Å². The molecule has 10 heteroatoms. The first-order valence-electron chi connectivity index (χ1n) is 11.1. The molecule has 3 aromatic rings. The molecule has 0 unspecified atom stereocenters. The van der Waals surface area contributed by atoms with Crippen LogP contribution in [0.5, 0.6) is 0 Å². The molecule has 180 valence electrons. The molecule has 4 rings (SSSR count). The Labute approximate surface area is 200 Å². The van der Waals surface area contributed by atoms with Crippen molar-refractivity contribution >= 4 is 34.3 Å². The van der Waals surface area contributed by atoms with Gasteiger partial charge in [0.2, 0.25) is 0 Å². The van der Waals surface area contributed by atoms with E-state index in [2.05, 4.69) is 5.32 Å². The van der Waals surface area contributed by atoms with E-state index in [1.54, 1.807) is 48.5 Å². The molecule has 0 fully saturated rings. The molecular formula is C25H25N4O6+. The number of quaternary nitrogens is 1. The third-order valence-electron chi connectivity index (χ3n) is 5.94. The first kappa shape index (κ1) is 23.8. The first-order valence-corrected chi connectivity index (χ1v) is 11.1. The lowest BCUT2D eigenvalue weighted by atomic mass is 10.2. The normalized spacial score (nSPS) is 13.6. The largest absolute Gasteiger partial charge is 0.422 e. The number of nitrogens with zero attached hydrogens (tertiary/aromatic N) is 3. The lowest BCUT2D eigenvalue weighted by Crippen LogP contribution is -2.47. The lowest BCUT2D eigenvalue weighted by molar-refractivity contribution is -0.889. The minimum absolute atomic E-state index is 0.277. The van der Waals surface area contributed by atoms with Crippen LogP contribution in [0.2, 0.25) is 0 Å². The molecule has 10 nitrogen and oxygen atoms in total. The van der Waals surface area contributed by atoms with Crippen molar-refractivity contribution in [2.45, 2.75) is 6.54 Å². The van der Waals surface area contributed by atoms with Crippen molar-refractivity contribution in [1.82, 2.24) is 9.88 Å². The van der Waals surface area contributed by atoms with Crippen LogP contribution in [0.15, 0.2) is 74.7 Å². The van der Waals surface area contributed by atoms with E-state index in [1.165, 1.54) is 16.7 Å². The van der Waals surface area contributed by atoms with E-state index in [0.29, 0.717) is 52.8 Å². The number of nitrogens with one attached hydrogen (secondary N) is 1. The smallest absolute Gasteiger partial charge is 0.372 e. The Morgan fingerprint density at radius 3 is 2.26 bits per heavy atom. The fourth-order valence-electron chi connectivity index (χ4n) is 3.85. The van der Waals surface area contributed by atoms with Gasteiger partial charge in [0.25, 0.3) is 17.7 Å². The summed E-state index contributed by atoms with van der Waals surface area (Å²) in [5, 5.41) is 3.22. The number of anilines is 1. The number of likely N-dealkylation sites (N-methyl/N-ethyl adjacent to an activating group) is 1. The van der Waals surface area contributed by atoms with E-state index < -0.39 is 23.2 Å². The molecular weight excluding hydrogens is 452 g/mol. The van der Waals surface area contributed by atoms with Gasteiger partial charge in [0.1, 0.15) is 0 Å². The maximum absolute atomic E-state index is 12.5. The Morgan fingerprint density at radius 1 is 0.914 bits per heavy atom.